The second-order valence-corrected chi connectivity index (χ2v) is 5.78. The van der Waals surface area contributed by atoms with Crippen LogP contribution in [0.1, 0.15) is 31.6 Å². The zero-order valence-electron chi connectivity index (χ0n) is 14.2. The zero-order valence-corrected chi connectivity index (χ0v) is 14.2. The van der Waals surface area contributed by atoms with Crippen molar-refractivity contribution in [1.29, 1.82) is 0 Å². The molecule has 0 saturated heterocycles. The third-order valence-corrected chi connectivity index (χ3v) is 3.67. The molecule has 23 heavy (non-hydrogen) atoms. The highest BCUT2D eigenvalue weighted by atomic mass is 16.2. The number of nitrogens with zero attached hydrogens (tertiary/aromatic N) is 3. The van der Waals surface area contributed by atoms with E-state index in [9.17, 15) is 4.79 Å². The van der Waals surface area contributed by atoms with E-state index in [4.69, 9.17) is 0 Å². The molecule has 1 atom stereocenters. The van der Waals surface area contributed by atoms with Gasteiger partial charge in [-0.2, -0.15) is 0 Å². The summed E-state index contributed by atoms with van der Waals surface area (Å²) >= 11 is 0. The van der Waals surface area contributed by atoms with Gasteiger partial charge in [-0.15, -0.1) is 0 Å². The number of carbonyl (C=O) groups excluding carboxylic acids is 1. The van der Waals surface area contributed by atoms with Crippen LogP contribution in [0.2, 0.25) is 0 Å². The Kier molecular flexibility index (Phi) is 5.62. The Hall–Kier alpha value is -2.50. The minimum atomic E-state index is -0.220. The van der Waals surface area contributed by atoms with Crippen LogP contribution >= 0.6 is 0 Å². The Morgan fingerprint density at radius 1 is 1.39 bits per heavy atom. The van der Waals surface area contributed by atoms with Crippen molar-refractivity contribution in [2.24, 2.45) is 7.05 Å². The predicted molar refractivity (Wildman–Crippen MR) is 93.8 cm³/mol. The minimum absolute atomic E-state index is 0.1000. The number of amides is 2. The van der Waals surface area contributed by atoms with Crippen molar-refractivity contribution in [1.82, 2.24) is 14.9 Å². The van der Waals surface area contributed by atoms with Crippen LogP contribution in [-0.4, -0.2) is 29.7 Å². The number of carbonyl (C=O) groups is 1. The second-order valence-electron chi connectivity index (χ2n) is 5.78. The molecule has 2 aromatic rings. The van der Waals surface area contributed by atoms with Crippen molar-refractivity contribution in [3.8, 4) is 0 Å². The van der Waals surface area contributed by atoms with E-state index < -0.39 is 0 Å². The number of imidazole rings is 1. The van der Waals surface area contributed by atoms with Crippen LogP contribution in [0.15, 0.2) is 36.7 Å². The van der Waals surface area contributed by atoms with Crippen LogP contribution in [0.25, 0.3) is 0 Å². The molecule has 0 radical (unpaired) electrons. The fourth-order valence-corrected chi connectivity index (χ4v) is 2.45. The molecule has 6 nitrogen and oxygen atoms in total. The van der Waals surface area contributed by atoms with Gasteiger partial charge in [0.05, 0.1) is 6.04 Å². The molecule has 1 aromatic heterocycles. The number of aryl methyl sites for hydroxylation is 1. The molecule has 0 aliphatic heterocycles. The number of hydrogen-bond acceptors (Lipinski definition) is 3. The molecule has 124 valence electrons. The summed E-state index contributed by atoms with van der Waals surface area (Å²) in [7, 11) is 5.88. The summed E-state index contributed by atoms with van der Waals surface area (Å²) in [4.78, 5) is 18.7. The normalized spacial score (nSPS) is 11.8. The highest BCUT2D eigenvalue weighted by Crippen LogP contribution is 2.19. The van der Waals surface area contributed by atoms with Gasteiger partial charge in [0.25, 0.3) is 0 Å². The van der Waals surface area contributed by atoms with E-state index in [-0.39, 0.29) is 12.1 Å². The predicted octanol–water partition coefficient (Wildman–Crippen LogP) is 3.15. The zero-order chi connectivity index (χ0) is 16.8. The van der Waals surface area contributed by atoms with E-state index in [1.807, 2.05) is 61.1 Å². The number of aromatic nitrogens is 2. The summed E-state index contributed by atoms with van der Waals surface area (Å²) in [5.74, 6) is 0.865. The van der Waals surface area contributed by atoms with E-state index in [0.29, 0.717) is 0 Å². The average molecular weight is 315 g/mol. The number of hydrogen-bond donors (Lipinski definition) is 2. The molecule has 0 aliphatic rings. The van der Waals surface area contributed by atoms with Gasteiger partial charge in [0.1, 0.15) is 5.82 Å². The maximum atomic E-state index is 12.3. The standard InChI is InChI=1S/C17H25N5O/c1-5-7-15(16-18-10-11-22(16)4)20-17(23)19-13-8-6-9-14(12-13)21(2)3/h6,8-12,15H,5,7H2,1-4H3,(H2,19,20,23)/t15-/m1/s1. The molecule has 1 heterocycles. The highest BCUT2D eigenvalue weighted by Gasteiger charge is 2.17. The summed E-state index contributed by atoms with van der Waals surface area (Å²) in [6, 6.07) is 7.42. The topological polar surface area (TPSA) is 62.2 Å². The first-order chi connectivity index (χ1) is 11.0. The molecule has 0 saturated carbocycles. The van der Waals surface area contributed by atoms with Crippen LogP contribution in [0.4, 0.5) is 16.2 Å². The lowest BCUT2D eigenvalue weighted by atomic mass is 10.1. The van der Waals surface area contributed by atoms with Gasteiger partial charge in [-0.25, -0.2) is 9.78 Å². The fraction of sp³-hybridized carbons (Fsp3) is 0.412. The molecular formula is C17H25N5O. The summed E-state index contributed by atoms with van der Waals surface area (Å²) in [5.41, 5.74) is 1.81. The summed E-state index contributed by atoms with van der Waals surface area (Å²) in [5, 5.41) is 5.91. The number of urea groups is 1. The van der Waals surface area contributed by atoms with Crippen LogP contribution in [0.3, 0.4) is 0 Å². The quantitative estimate of drug-likeness (QED) is 0.861. The molecule has 2 rings (SSSR count). The van der Waals surface area contributed by atoms with Crippen molar-refractivity contribution in [2.45, 2.75) is 25.8 Å². The monoisotopic (exact) mass is 315 g/mol. The van der Waals surface area contributed by atoms with Gasteiger partial charge in [-0.05, 0) is 24.6 Å². The van der Waals surface area contributed by atoms with Crippen LogP contribution in [-0.2, 0) is 7.05 Å². The van der Waals surface area contributed by atoms with Crippen molar-refractivity contribution in [2.75, 3.05) is 24.3 Å². The van der Waals surface area contributed by atoms with Crippen molar-refractivity contribution in [3.05, 3.63) is 42.5 Å². The smallest absolute Gasteiger partial charge is 0.319 e. The molecule has 0 spiro atoms. The number of nitrogens with one attached hydrogen (secondary N) is 2. The van der Waals surface area contributed by atoms with Gasteiger partial charge >= 0.3 is 6.03 Å². The van der Waals surface area contributed by atoms with E-state index in [1.54, 1.807) is 6.20 Å². The van der Waals surface area contributed by atoms with Gasteiger partial charge in [0.2, 0.25) is 0 Å². The maximum Gasteiger partial charge on any atom is 0.319 e. The van der Waals surface area contributed by atoms with Gasteiger partial charge in [-0.3, -0.25) is 0 Å². The first kappa shape index (κ1) is 16.9. The van der Waals surface area contributed by atoms with Gasteiger partial charge < -0.3 is 20.1 Å². The molecule has 6 heteroatoms. The molecule has 0 bridgehead atoms. The summed E-state index contributed by atoms with van der Waals surface area (Å²) < 4.78 is 1.94. The lowest BCUT2D eigenvalue weighted by Gasteiger charge is -2.19. The number of anilines is 2. The van der Waals surface area contributed by atoms with E-state index >= 15 is 0 Å². The molecule has 2 amide bonds. The Balaban J connectivity index is 2.05. The Labute approximate surface area is 137 Å². The second kappa shape index (κ2) is 7.67. The number of benzene rings is 1. The van der Waals surface area contributed by atoms with Gasteiger partial charge in [0.15, 0.2) is 0 Å². The third kappa shape index (κ3) is 4.48. The first-order valence-electron chi connectivity index (χ1n) is 7.83. The largest absolute Gasteiger partial charge is 0.378 e. The lowest BCUT2D eigenvalue weighted by molar-refractivity contribution is 0.247. The molecule has 2 N–H and O–H groups in total. The Morgan fingerprint density at radius 2 is 2.17 bits per heavy atom. The van der Waals surface area contributed by atoms with Crippen molar-refractivity contribution >= 4 is 17.4 Å². The molecule has 0 aliphatic carbocycles. The Bertz CT molecular complexity index is 650. The van der Waals surface area contributed by atoms with Crippen molar-refractivity contribution in [3.63, 3.8) is 0 Å². The van der Waals surface area contributed by atoms with Gasteiger partial charge in [-0.1, -0.05) is 19.4 Å². The van der Waals surface area contributed by atoms with Crippen LogP contribution in [0, 0.1) is 0 Å². The molecule has 0 unspecified atom stereocenters. The maximum absolute atomic E-state index is 12.3. The SMILES string of the molecule is CCC[C@@H](NC(=O)Nc1cccc(N(C)C)c1)c1nccn1C. The third-order valence-electron chi connectivity index (χ3n) is 3.67. The molecule has 1 aromatic carbocycles. The first-order valence-corrected chi connectivity index (χ1v) is 7.83. The molecular weight excluding hydrogens is 290 g/mol. The fourth-order valence-electron chi connectivity index (χ4n) is 2.45. The Morgan fingerprint density at radius 3 is 2.78 bits per heavy atom. The minimum Gasteiger partial charge on any atom is -0.378 e. The van der Waals surface area contributed by atoms with Crippen LogP contribution < -0.4 is 15.5 Å². The summed E-state index contributed by atoms with van der Waals surface area (Å²) in [6.45, 7) is 2.09. The summed E-state index contributed by atoms with van der Waals surface area (Å²) in [6.07, 6.45) is 5.44. The van der Waals surface area contributed by atoms with E-state index in [0.717, 1.165) is 30.0 Å². The van der Waals surface area contributed by atoms with E-state index in [2.05, 4.69) is 22.5 Å². The number of rotatable bonds is 6. The highest BCUT2D eigenvalue weighted by molar-refractivity contribution is 5.90. The van der Waals surface area contributed by atoms with Crippen molar-refractivity contribution < 1.29 is 4.79 Å². The van der Waals surface area contributed by atoms with E-state index in [1.165, 1.54) is 0 Å². The lowest BCUT2D eigenvalue weighted by Crippen LogP contribution is -2.33. The molecule has 0 fully saturated rings. The van der Waals surface area contributed by atoms with Crippen LogP contribution in [0.5, 0.6) is 0 Å². The average Bonchev–Trinajstić information content (AvgIpc) is 2.93. The van der Waals surface area contributed by atoms with Gasteiger partial charge in [0, 0.05) is 44.9 Å².